The van der Waals surface area contributed by atoms with Gasteiger partial charge in [-0.1, -0.05) is 32.0 Å². The van der Waals surface area contributed by atoms with E-state index >= 15 is 0 Å². The van der Waals surface area contributed by atoms with Crippen LogP contribution >= 0.6 is 0 Å². The zero-order valence-electron chi connectivity index (χ0n) is 17.5. The van der Waals surface area contributed by atoms with Crippen LogP contribution in [0.25, 0.3) is 0 Å². The van der Waals surface area contributed by atoms with Gasteiger partial charge in [0.15, 0.2) is 0 Å². The van der Waals surface area contributed by atoms with Gasteiger partial charge in [-0.15, -0.1) is 0 Å². The van der Waals surface area contributed by atoms with E-state index in [0.717, 1.165) is 10.5 Å². The summed E-state index contributed by atoms with van der Waals surface area (Å²) in [6, 6.07) is 15.5. The highest BCUT2D eigenvalue weighted by molar-refractivity contribution is 6.10. The van der Waals surface area contributed by atoms with Gasteiger partial charge < -0.3 is 15.4 Å². The summed E-state index contributed by atoms with van der Waals surface area (Å²) in [7, 11) is 0. The largest absolute Gasteiger partial charge is 0.489 e. The number of ether oxygens (including phenoxy) is 1. The van der Waals surface area contributed by atoms with E-state index in [1.165, 1.54) is 0 Å². The van der Waals surface area contributed by atoms with Crippen LogP contribution in [-0.2, 0) is 16.2 Å². The fourth-order valence-corrected chi connectivity index (χ4v) is 3.45. The second-order valence-electron chi connectivity index (χ2n) is 7.29. The molecule has 8 nitrogen and oxygen atoms in total. The first-order valence-electron chi connectivity index (χ1n) is 10.1. The highest BCUT2D eigenvalue weighted by Gasteiger charge is 2.49. The minimum atomic E-state index is -0.937. The van der Waals surface area contributed by atoms with Crippen molar-refractivity contribution in [3.05, 3.63) is 59.7 Å². The lowest BCUT2D eigenvalue weighted by molar-refractivity contribution is -0.134. The summed E-state index contributed by atoms with van der Waals surface area (Å²) in [6.07, 6.45) is 0.922. The minimum absolute atomic E-state index is 0.269. The standard InChI is InChI=1S/C23H24N4O4/c1-3-23(4-2)21(29)27(22(30)26-23)14-20(28)25-18-9-6-10-19(12-18)31-15-17-8-5-7-16(11-17)13-24/h5-12H,3-4,14-15H2,1-2H3,(H,25,28)(H,26,30). The van der Waals surface area contributed by atoms with Gasteiger partial charge in [-0.3, -0.25) is 14.5 Å². The molecule has 2 aromatic rings. The first-order valence-corrected chi connectivity index (χ1v) is 10.1. The Kier molecular flexibility index (Phi) is 6.55. The van der Waals surface area contributed by atoms with Crippen molar-refractivity contribution < 1.29 is 19.1 Å². The van der Waals surface area contributed by atoms with Gasteiger partial charge in [-0.05, 0) is 42.7 Å². The molecule has 1 aliphatic rings. The van der Waals surface area contributed by atoms with Crippen molar-refractivity contribution in [2.24, 2.45) is 0 Å². The van der Waals surface area contributed by atoms with E-state index < -0.39 is 17.5 Å². The Hall–Kier alpha value is -3.86. The molecular formula is C23H24N4O4. The van der Waals surface area contributed by atoms with Crippen LogP contribution in [0.5, 0.6) is 5.75 Å². The minimum Gasteiger partial charge on any atom is -0.489 e. The van der Waals surface area contributed by atoms with Crippen LogP contribution < -0.4 is 15.4 Å². The highest BCUT2D eigenvalue weighted by Crippen LogP contribution is 2.25. The molecule has 0 aromatic heterocycles. The average molecular weight is 420 g/mol. The number of amides is 4. The Bertz CT molecular complexity index is 1040. The van der Waals surface area contributed by atoms with Crippen molar-refractivity contribution in [3.8, 4) is 11.8 Å². The summed E-state index contributed by atoms with van der Waals surface area (Å²) >= 11 is 0. The van der Waals surface area contributed by atoms with Crippen molar-refractivity contribution in [1.29, 1.82) is 5.26 Å². The molecule has 1 aliphatic heterocycles. The molecule has 31 heavy (non-hydrogen) atoms. The molecule has 0 spiro atoms. The van der Waals surface area contributed by atoms with Crippen LogP contribution in [0.1, 0.15) is 37.8 Å². The molecule has 0 aliphatic carbocycles. The summed E-state index contributed by atoms with van der Waals surface area (Å²) in [5.41, 5.74) is 0.950. The molecule has 0 radical (unpaired) electrons. The number of nitrogens with zero attached hydrogens (tertiary/aromatic N) is 2. The van der Waals surface area contributed by atoms with Gasteiger partial charge >= 0.3 is 6.03 Å². The molecule has 4 amide bonds. The zero-order chi connectivity index (χ0) is 22.4. The molecule has 0 bridgehead atoms. The number of nitriles is 1. The molecule has 8 heteroatoms. The summed E-state index contributed by atoms with van der Waals surface area (Å²) in [5.74, 6) is -0.328. The Morgan fingerprint density at radius 2 is 1.90 bits per heavy atom. The summed E-state index contributed by atoms with van der Waals surface area (Å²) in [5, 5.41) is 14.4. The molecule has 0 saturated carbocycles. The number of rotatable bonds is 8. The molecule has 1 saturated heterocycles. The molecule has 0 atom stereocenters. The van der Waals surface area contributed by atoms with Crippen molar-refractivity contribution in [3.63, 3.8) is 0 Å². The van der Waals surface area contributed by atoms with E-state index in [0.29, 0.717) is 29.8 Å². The monoisotopic (exact) mass is 420 g/mol. The molecular weight excluding hydrogens is 396 g/mol. The number of nitrogens with one attached hydrogen (secondary N) is 2. The summed E-state index contributed by atoms with van der Waals surface area (Å²) < 4.78 is 5.75. The predicted molar refractivity (Wildman–Crippen MR) is 114 cm³/mol. The topological polar surface area (TPSA) is 112 Å². The third-order valence-electron chi connectivity index (χ3n) is 5.33. The number of hydrogen-bond acceptors (Lipinski definition) is 5. The third-order valence-corrected chi connectivity index (χ3v) is 5.33. The summed E-state index contributed by atoms with van der Waals surface area (Å²) in [4.78, 5) is 38.2. The Morgan fingerprint density at radius 1 is 1.16 bits per heavy atom. The van der Waals surface area contributed by atoms with Crippen molar-refractivity contribution in [2.45, 2.75) is 38.8 Å². The van der Waals surface area contributed by atoms with E-state index in [9.17, 15) is 14.4 Å². The first kappa shape index (κ1) is 21.8. The Morgan fingerprint density at radius 3 is 2.58 bits per heavy atom. The van der Waals surface area contributed by atoms with Gasteiger partial charge in [0.25, 0.3) is 5.91 Å². The molecule has 1 heterocycles. The summed E-state index contributed by atoms with van der Waals surface area (Å²) in [6.45, 7) is 3.56. The molecule has 2 N–H and O–H groups in total. The number of benzene rings is 2. The van der Waals surface area contributed by atoms with E-state index in [4.69, 9.17) is 10.00 Å². The highest BCUT2D eigenvalue weighted by atomic mass is 16.5. The lowest BCUT2D eigenvalue weighted by Gasteiger charge is -2.23. The van der Waals surface area contributed by atoms with Crippen LogP contribution in [0, 0.1) is 11.3 Å². The maximum absolute atomic E-state index is 12.6. The van der Waals surface area contributed by atoms with Gasteiger partial charge in [0.05, 0.1) is 11.6 Å². The number of imide groups is 1. The molecule has 160 valence electrons. The second-order valence-corrected chi connectivity index (χ2v) is 7.29. The number of anilines is 1. The SMILES string of the molecule is CCC1(CC)NC(=O)N(CC(=O)Nc2cccc(OCc3cccc(C#N)c3)c2)C1=O. The van der Waals surface area contributed by atoms with Gasteiger partial charge in [-0.25, -0.2) is 4.79 Å². The van der Waals surface area contributed by atoms with Gasteiger partial charge in [0, 0.05) is 11.8 Å². The average Bonchev–Trinajstić information content (AvgIpc) is 3.02. The smallest absolute Gasteiger partial charge is 0.325 e. The van der Waals surface area contributed by atoms with Crippen LogP contribution in [0.2, 0.25) is 0 Å². The third kappa shape index (κ3) is 4.83. The zero-order valence-corrected chi connectivity index (χ0v) is 17.5. The molecule has 0 unspecified atom stereocenters. The molecule has 1 fully saturated rings. The Labute approximate surface area is 180 Å². The van der Waals surface area contributed by atoms with E-state index in [2.05, 4.69) is 16.7 Å². The lowest BCUT2D eigenvalue weighted by atomic mass is 9.93. The van der Waals surface area contributed by atoms with E-state index in [1.54, 1.807) is 42.5 Å². The van der Waals surface area contributed by atoms with Gasteiger partial charge in [0.1, 0.15) is 24.4 Å². The van der Waals surface area contributed by atoms with E-state index in [-0.39, 0.29) is 19.1 Å². The van der Waals surface area contributed by atoms with Crippen molar-refractivity contribution in [1.82, 2.24) is 10.2 Å². The predicted octanol–water partition coefficient (Wildman–Crippen LogP) is 3.19. The fourth-order valence-electron chi connectivity index (χ4n) is 3.45. The van der Waals surface area contributed by atoms with Crippen molar-refractivity contribution in [2.75, 3.05) is 11.9 Å². The van der Waals surface area contributed by atoms with Gasteiger partial charge in [-0.2, -0.15) is 5.26 Å². The van der Waals surface area contributed by atoms with E-state index in [1.807, 2.05) is 19.9 Å². The number of urea groups is 1. The lowest BCUT2D eigenvalue weighted by Crippen LogP contribution is -2.46. The maximum atomic E-state index is 12.6. The number of carbonyl (C=O) groups is 3. The normalized spacial score (nSPS) is 14.7. The molecule has 2 aromatic carbocycles. The first-order chi connectivity index (χ1) is 14.9. The molecule has 3 rings (SSSR count). The van der Waals surface area contributed by atoms with Gasteiger partial charge in [0.2, 0.25) is 5.91 Å². The van der Waals surface area contributed by atoms with Crippen LogP contribution in [0.4, 0.5) is 10.5 Å². The number of hydrogen-bond donors (Lipinski definition) is 2. The Balaban J connectivity index is 1.60. The van der Waals surface area contributed by atoms with Crippen LogP contribution in [0.15, 0.2) is 48.5 Å². The quantitative estimate of drug-likeness (QED) is 0.637. The van der Waals surface area contributed by atoms with Crippen molar-refractivity contribution >= 4 is 23.5 Å². The second kappa shape index (κ2) is 9.30. The number of carbonyl (C=O) groups excluding carboxylic acids is 3. The van der Waals surface area contributed by atoms with Crippen LogP contribution in [-0.4, -0.2) is 34.8 Å². The van der Waals surface area contributed by atoms with Crippen LogP contribution in [0.3, 0.4) is 0 Å². The maximum Gasteiger partial charge on any atom is 0.325 e. The fraction of sp³-hybridized carbons (Fsp3) is 0.304.